The fourth-order valence-corrected chi connectivity index (χ4v) is 2.98. The number of methoxy groups -OCH3 is 1. The van der Waals surface area contributed by atoms with E-state index in [1.165, 1.54) is 5.56 Å². The van der Waals surface area contributed by atoms with Crippen LogP contribution in [0.3, 0.4) is 0 Å². The third-order valence-electron chi connectivity index (χ3n) is 3.05. The number of thioether (sulfide) groups is 1. The molecule has 0 aliphatic heterocycles. The van der Waals surface area contributed by atoms with Gasteiger partial charge in [0.05, 0.1) is 7.11 Å². The minimum absolute atomic E-state index is 0.266. The average molecular weight is 283 g/mol. The molecule has 0 aromatic heterocycles. The van der Waals surface area contributed by atoms with Crippen LogP contribution in [0.4, 0.5) is 0 Å². The molecule has 0 heterocycles. The maximum atomic E-state index is 8.94. The number of rotatable bonds is 9. The van der Waals surface area contributed by atoms with E-state index in [9.17, 15) is 0 Å². The number of hydrogen-bond donors (Lipinski definition) is 2. The van der Waals surface area contributed by atoms with E-state index in [4.69, 9.17) is 9.84 Å². The molecular weight excluding hydrogens is 258 g/mol. The van der Waals surface area contributed by atoms with Crippen molar-refractivity contribution in [1.29, 1.82) is 0 Å². The Morgan fingerprint density at radius 2 is 2.00 bits per heavy atom. The molecule has 1 aromatic carbocycles. The Morgan fingerprint density at radius 3 is 2.53 bits per heavy atom. The second-order valence-electron chi connectivity index (χ2n) is 4.54. The molecule has 2 unspecified atom stereocenters. The lowest BCUT2D eigenvalue weighted by molar-refractivity contribution is 0.289. The minimum atomic E-state index is 0.266. The van der Waals surface area contributed by atoms with Crippen molar-refractivity contribution >= 4 is 11.8 Å². The van der Waals surface area contributed by atoms with Crippen LogP contribution in [0, 0.1) is 0 Å². The van der Waals surface area contributed by atoms with Crippen LogP contribution in [0.15, 0.2) is 24.3 Å². The van der Waals surface area contributed by atoms with Crippen LogP contribution in [0.25, 0.3) is 0 Å². The van der Waals surface area contributed by atoms with Crippen LogP contribution in [-0.2, 0) is 0 Å². The van der Waals surface area contributed by atoms with Crippen molar-refractivity contribution in [1.82, 2.24) is 5.32 Å². The molecule has 0 spiro atoms. The zero-order valence-electron chi connectivity index (χ0n) is 12.1. The third-order valence-corrected chi connectivity index (χ3v) is 4.38. The summed E-state index contributed by atoms with van der Waals surface area (Å²) >= 11 is 1.90. The van der Waals surface area contributed by atoms with Gasteiger partial charge in [-0.3, -0.25) is 0 Å². The van der Waals surface area contributed by atoms with E-state index >= 15 is 0 Å². The highest BCUT2D eigenvalue weighted by Gasteiger charge is 2.12. The summed E-state index contributed by atoms with van der Waals surface area (Å²) in [6.07, 6.45) is 0.853. The van der Waals surface area contributed by atoms with E-state index < -0.39 is 0 Å². The van der Waals surface area contributed by atoms with E-state index in [0.717, 1.165) is 24.5 Å². The Morgan fingerprint density at radius 1 is 1.32 bits per heavy atom. The SMILES string of the molecule is CCNC(CSC(C)CCO)c1ccc(OC)cc1. The molecular formula is C15H25NO2S. The van der Waals surface area contributed by atoms with Gasteiger partial charge in [0.1, 0.15) is 5.75 Å². The van der Waals surface area contributed by atoms with Gasteiger partial charge < -0.3 is 15.2 Å². The topological polar surface area (TPSA) is 41.5 Å². The van der Waals surface area contributed by atoms with Crippen molar-refractivity contribution < 1.29 is 9.84 Å². The summed E-state index contributed by atoms with van der Waals surface area (Å²) in [5, 5.41) is 12.9. The molecule has 0 aliphatic carbocycles. The zero-order valence-corrected chi connectivity index (χ0v) is 12.9. The summed E-state index contributed by atoms with van der Waals surface area (Å²) in [7, 11) is 1.68. The maximum absolute atomic E-state index is 8.94. The predicted molar refractivity (Wildman–Crippen MR) is 83.0 cm³/mol. The zero-order chi connectivity index (χ0) is 14.1. The molecule has 0 saturated heterocycles. The second-order valence-corrected chi connectivity index (χ2v) is 6.01. The molecule has 0 fully saturated rings. The number of hydrogen-bond acceptors (Lipinski definition) is 4. The third kappa shape index (κ3) is 5.85. The smallest absolute Gasteiger partial charge is 0.118 e. The van der Waals surface area contributed by atoms with Crippen molar-refractivity contribution in [3.8, 4) is 5.75 Å². The van der Waals surface area contributed by atoms with Crippen LogP contribution >= 0.6 is 11.8 Å². The molecule has 0 bridgehead atoms. The van der Waals surface area contributed by atoms with Gasteiger partial charge in [-0.2, -0.15) is 11.8 Å². The molecule has 2 N–H and O–H groups in total. The number of ether oxygens (including phenoxy) is 1. The van der Waals surface area contributed by atoms with Crippen LogP contribution in [0.2, 0.25) is 0 Å². The van der Waals surface area contributed by atoms with E-state index in [2.05, 4.69) is 31.3 Å². The standard InChI is InChI=1S/C15H25NO2S/c1-4-16-15(11-19-12(2)9-10-17)13-5-7-14(18-3)8-6-13/h5-8,12,15-17H,4,9-11H2,1-3H3. The predicted octanol–water partition coefficient (Wildman–Crippen LogP) is 2.85. The van der Waals surface area contributed by atoms with Gasteiger partial charge in [-0.1, -0.05) is 26.0 Å². The summed E-state index contributed by atoms with van der Waals surface area (Å²) in [5.41, 5.74) is 1.28. The molecule has 1 rings (SSSR count). The monoisotopic (exact) mass is 283 g/mol. The fraction of sp³-hybridized carbons (Fsp3) is 0.600. The Hall–Kier alpha value is -0.710. The molecule has 0 aliphatic rings. The van der Waals surface area contributed by atoms with Gasteiger partial charge >= 0.3 is 0 Å². The Bertz CT molecular complexity index is 343. The summed E-state index contributed by atoms with van der Waals surface area (Å²) in [6, 6.07) is 8.58. The number of aliphatic hydroxyl groups excluding tert-OH is 1. The van der Waals surface area contributed by atoms with E-state index in [1.54, 1.807) is 7.11 Å². The van der Waals surface area contributed by atoms with Crippen molar-refractivity contribution in [2.45, 2.75) is 31.6 Å². The summed E-state index contributed by atoms with van der Waals surface area (Å²) < 4.78 is 5.19. The molecule has 0 saturated carbocycles. The minimum Gasteiger partial charge on any atom is -0.497 e. The summed E-state index contributed by atoms with van der Waals surface area (Å²) in [6.45, 7) is 5.50. The summed E-state index contributed by atoms with van der Waals surface area (Å²) in [5.74, 6) is 1.90. The largest absolute Gasteiger partial charge is 0.497 e. The number of nitrogens with one attached hydrogen (secondary N) is 1. The van der Waals surface area contributed by atoms with Gasteiger partial charge in [-0.25, -0.2) is 0 Å². The van der Waals surface area contributed by atoms with Gasteiger partial charge in [-0.15, -0.1) is 0 Å². The highest BCUT2D eigenvalue weighted by molar-refractivity contribution is 7.99. The van der Waals surface area contributed by atoms with Gasteiger partial charge in [-0.05, 0) is 30.7 Å². The molecule has 1 aromatic rings. The lowest BCUT2D eigenvalue weighted by Gasteiger charge is -2.20. The first-order chi connectivity index (χ1) is 9.21. The molecule has 0 radical (unpaired) electrons. The fourth-order valence-electron chi connectivity index (χ4n) is 1.88. The second kappa shape index (κ2) is 9.23. The highest BCUT2D eigenvalue weighted by atomic mass is 32.2. The van der Waals surface area contributed by atoms with Gasteiger partial charge in [0.2, 0.25) is 0 Å². The average Bonchev–Trinajstić information content (AvgIpc) is 2.44. The normalized spacial score (nSPS) is 14.1. The van der Waals surface area contributed by atoms with Gasteiger partial charge in [0.15, 0.2) is 0 Å². The first-order valence-electron chi connectivity index (χ1n) is 6.81. The lowest BCUT2D eigenvalue weighted by atomic mass is 10.1. The maximum Gasteiger partial charge on any atom is 0.118 e. The van der Waals surface area contributed by atoms with Crippen LogP contribution in [-0.4, -0.2) is 36.4 Å². The molecule has 0 amide bonds. The van der Waals surface area contributed by atoms with Crippen molar-refractivity contribution in [2.75, 3.05) is 26.0 Å². The van der Waals surface area contributed by atoms with Crippen molar-refractivity contribution in [2.24, 2.45) is 0 Å². The van der Waals surface area contributed by atoms with E-state index in [0.29, 0.717) is 11.3 Å². The summed E-state index contributed by atoms with van der Waals surface area (Å²) in [4.78, 5) is 0. The van der Waals surface area contributed by atoms with Crippen LogP contribution in [0.1, 0.15) is 31.9 Å². The highest BCUT2D eigenvalue weighted by Crippen LogP contribution is 2.24. The molecule has 19 heavy (non-hydrogen) atoms. The Kier molecular flexibility index (Phi) is 7.94. The quantitative estimate of drug-likeness (QED) is 0.731. The van der Waals surface area contributed by atoms with Crippen molar-refractivity contribution in [3.05, 3.63) is 29.8 Å². The van der Waals surface area contributed by atoms with E-state index in [-0.39, 0.29) is 6.61 Å². The molecule has 108 valence electrons. The number of aliphatic hydroxyl groups is 1. The lowest BCUT2D eigenvalue weighted by Crippen LogP contribution is -2.23. The molecule has 3 nitrogen and oxygen atoms in total. The van der Waals surface area contributed by atoms with Crippen LogP contribution < -0.4 is 10.1 Å². The Balaban J connectivity index is 2.59. The van der Waals surface area contributed by atoms with Crippen molar-refractivity contribution in [3.63, 3.8) is 0 Å². The van der Waals surface area contributed by atoms with Gasteiger partial charge in [0, 0.05) is 23.7 Å². The van der Waals surface area contributed by atoms with Gasteiger partial charge in [0.25, 0.3) is 0 Å². The molecule has 2 atom stereocenters. The molecule has 4 heteroatoms. The van der Waals surface area contributed by atoms with E-state index in [1.807, 2.05) is 23.9 Å². The Labute approximate surface area is 120 Å². The van der Waals surface area contributed by atoms with Crippen LogP contribution in [0.5, 0.6) is 5.75 Å². The first kappa shape index (κ1) is 16.3. The number of benzene rings is 1. The first-order valence-corrected chi connectivity index (χ1v) is 7.85.